The Morgan fingerprint density at radius 3 is 2.76 bits per heavy atom. The molecule has 1 amide bonds. The fraction of sp³-hybridized carbons (Fsp3) is 0.632. The molecule has 0 aliphatic heterocycles. The van der Waals surface area contributed by atoms with Crippen molar-refractivity contribution in [3.8, 4) is 5.75 Å². The normalized spacial score (nSPS) is 13.4. The number of aryl methyl sites for hydroxylation is 1. The zero-order valence-electron chi connectivity index (χ0n) is 17.4. The number of hydrogen-bond acceptors (Lipinski definition) is 6. The Labute approximate surface area is 176 Å². The Kier molecular flexibility index (Phi) is 10.1. The molecule has 0 heterocycles. The van der Waals surface area contributed by atoms with Crippen molar-refractivity contribution in [1.82, 2.24) is 5.32 Å². The van der Waals surface area contributed by atoms with E-state index >= 15 is 0 Å². The van der Waals surface area contributed by atoms with Gasteiger partial charge in [-0.15, -0.1) is 10.1 Å². The average Bonchev–Trinajstić information content (AvgIpc) is 2.59. The summed E-state index contributed by atoms with van der Waals surface area (Å²) in [4.78, 5) is 26.4. The SMILES string of the molecule is Cc1ccc(Cl)c(OCC(O)C[N+](C)(C)CCNC(=O)CCC(C)O[N+](=O)[O-])c1. The number of hydrogen-bond donors (Lipinski definition) is 2. The highest BCUT2D eigenvalue weighted by molar-refractivity contribution is 6.32. The largest absolute Gasteiger partial charge is 0.489 e. The second kappa shape index (κ2) is 11.8. The summed E-state index contributed by atoms with van der Waals surface area (Å²) in [5, 5.41) is 22.9. The molecule has 0 aromatic heterocycles. The van der Waals surface area contributed by atoms with Crippen molar-refractivity contribution < 1.29 is 29.0 Å². The molecule has 2 unspecified atom stereocenters. The molecule has 0 spiro atoms. The van der Waals surface area contributed by atoms with Crippen molar-refractivity contribution in [2.24, 2.45) is 0 Å². The van der Waals surface area contributed by atoms with Gasteiger partial charge >= 0.3 is 0 Å². The summed E-state index contributed by atoms with van der Waals surface area (Å²) in [5.41, 5.74) is 1.02. The van der Waals surface area contributed by atoms with Crippen LogP contribution in [0.4, 0.5) is 0 Å². The third-order valence-corrected chi connectivity index (χ3v) is 4.62. The van der Waals surface area contributed by atoms with Crippen molar-refractivity contribution in [3.63, 3.8) is 0 Å². The van der Waals surface area contributed by atoms with E-state index in [1.54, 1.807) is 13.0 Å². The van der Waals surface area contributed by atoms with E-state index in [9.17, 15) is 20.0 Å². The monoisotopic (exact) mass is 432 g/mol. The first-order valence-corrected chi connectivity index (χ1v) is 9.83. The van der Waals surface area contributed by atoms with Crippen LogP contribution in [0, 0.1) is 17.0 Å². The van der Waals surface area contributed by atoms with Crippen LogP contribution in [0.1, 0.15) is 25.3 Å². The minimum absolute atomic E-state index is 0.117. The standard InChI is InChI=1S/C19H30ClN3O6/c1-14-5-7-17(20)18(11-14)28-13-16(24)12-23(3,4)10-9-21-19(25)8-6-15(2)29-22(26)27/h5,7,11,15-16,24H,6,8-10,12-13H2,1-4H3/p+1. The zero-order valence-corrected chi connectivity index (χ0v) is 18.1. The molecule has 0 aliphatic rings. The van der Waals surface area contributed by atoms with Gasteiger partial charge in [0.25, 0.3) is 5.09 Å². The van der Waals surface area contributed by atoms with Gasteiger partial charge in [0.15, 0.2) is 0 Å². The highest BCUT2D eigenvalue weighted by atomic mass is 35.5. The van der Waals surface area contributed by atoms with Gasteiger partial charge in [0, 0.05) is 6.42 Å². The van der Waals surface area contributed by atoms with Crippen LogP contribution in [0.2, 0.25) is 5.02 Å². The van der Waals surface area contributed by atoms with Gasteiger partial charge in [0.2, 0.25) is 5.91 Å². The maximum Gasteiger partial charge on any atom is 0.294 e. The topological polar surface area (TPSA) is 111 Å². The third kappa shape index (κ3) is 10.9. The summed E-state index contributed by atoms with van der Waals surface area (Å²) < 4.78 is 6.11. The highest BCUT2D eigenvalue weighted by Gasteiger charge is 2.21. The van der Waals surface area contributed by atoms with E-state index in [0.717, 1.165) is 5.56 Å². The number of nitrogens with zero attached hydrogens (tertiary/aromatic N) is 2. The molecule has 0 fully saturated rings. The number of aliphatic hydroxyl groups is 1. The molecule has 9 nitrogen and oxygen atoms in total. The van der Waals surface area contributed by atoms with Gasteiger partial charge in [-0.25, -0.2) is 0 Å². The number of amides is 1. The van der Waals surface area contributed by atoms with E-state index in [2.05, 4.69) is 10.2 Å². The van der Waals surface area contributed by atoms with Gasteiger partial charge in [-0.3, -0.25) is 4.79 Å². The fourth-order valence-corrected chi connectivity index (χ4v) is 2.91. The van der Waals surface area contributed by atoms with Gasteiger partial charge in [-0.2, -0.15) is 0 Å². The summed E-state index contributed by atoms with van der Waals surface area (Å²) in [5.74, 6) is 0.348. The van der Waals surface area contributed by atoms with Crippen LogP contribution in [0.5, 0.6) is 5.75 Å². The highest BCUT2D eigenvalue weighted by Crippen LogP contribution is 2.25. The predicted octanol–water partition coefficient (Wildman–Crippen LogP) is 1.96. The first kappa shape index (κ1) is 24.9. The number of likely N-dealkylation sites (N-methyl/N-ethyl adjacent to an activating group) is 1. The van der Waals surface area contributed by atoms with Crippen LogP contribution in [-0.2, 0) is 9.63 Å². The Balaban J connectivity index is 2.30. The van der Waals surface area contributed by atoms with E-state index in [1.807, 2.05) is 33.2 Å². The minimum atomic E-state index is -0.857. The second-order valence-electron chi connectivity index (χ2n) is 7.77. The molecule has 0 aliphatic carbocycles. The second-order valence-corrected chi connectivity index (χ2v) is 8.18. The molecule has 1 rings (SSSR count). The van der Waals surface area contributed by atoms with Crippen LogP contribution in [0.25, 0.3) is 0 Å². The molecule has 0 saturated carbocycles. The number of carbonyl (C=O) groups excluding carboxylic acids is 1. The molecule has 0 saturated heterocycles. The van der Waals surface area contributed by atoms with Gasteiger partial charge in [0.05, 0.1) is 32.2 Å². The molecular weight excluding hydrogens is 402 g/mol. The number of benzene rings is 1. The lowest BCUT2D eigenvalue weighted by Crippen LogP contribution is -2.50. The molecule has 0 radical (unpaired) electrons. The molecule has 2 N–H and O–H groups in total. The van der Waals surface area contributed by atoms with Crippen molar-refractivity contribution in [2.45, 2.75) is 38.9 Å². The van der Waals surface area contributed by atoms with Gasteiger partial charge < -0.3 is 24.5 Å². The number of rotatable bonds is 13. The molecule has 1 aromatic rings. The molecule has 2 atom stereocenters. The van der Waals surface area contributed by atoms with Crippen molar-refractivity contribution in [2.75, 3.05) is 40.3 Å². The van der Waals surface area contributed by atoms with Crippen LogP contribution in [0.3, 0.4) is 0 Å². The summed E-state index contributed by atoms with van der Waals surface area (Å²) in [6.07, 6.45) is -0.906. The van der Waals surface area contributed by atoms with Crippen molar-refractivity contribution in [1.29, 1.82) is 0 Å². The van der Waals surface area contributed by atoms with E-state index < -0.39 is 17.3 Å². The van der Waals surface area contributed by atoms with Crippen LogP contribution in [0.15, 0.2) is 18.2 Å². The van der Waals surface area contributed by atoms with Gasteiger partial charge in [0.1, 0.15) is 31.1 Å². The van der Waals surface area contributed by atoms with Crippen LogP contribution in [-0.4, -0.2) is 73.1 Å². The lowest BCUT2D eigenvalue weighted by Gasteiger charge is -2.32. The van der Waals surface area contributed by atoms with E-state index in [-0.39, 0.29) is 25.4 Å². The van der Waals surface area contributed by atoms with E-state index in [0.29, 0.717) is 34.9 Å². The molecule has 29 heavy (non-hydrogen) atoms. The molecule has 0 bridgehead atoms. The Bertz CT molecular complexity index is 686. The summed E-state index contributed by atoms with van der Waals surface area (Å²) in [6, 6.07) is 5.46. The van der Waals surface area contributed by atoms with E-state index in [1.165, 1.54) is 0 Å². The van der Waals surface area contributed by atoms with Crippen LogP contribution >= 0.6 is 11.6 Å². The maximum atomic E-state index is 11.8. The first-order chi connectivity index (χ1) is 13.5. The molecular formula is C19H31ClN3O6+. The van der Waals surface area contributed by atoms with E-state index in [4.69, 9.17) is 16.3 Å². The van der Waals surface area contributed by atoms with Gasteiger partial charge in [-0.05, 0) is 38.0 Å². The fourth-order valence-electron chi connectivity index (χ4n) is 2.74. The number of quaternary nitrogens is 1. The first-order valence-electron chi connectivity index (χ1n) is 9.45. The van der Waals surface area contributed by atoms with Crippen molar-refractivity contribution in [3.05, 3.63) is 38.9 Å². The summed E-state index contributed by atoms with van der Waals surface area (Å²) in [6.45, 7) is 5.06. The van der Waals surface area contributed by atoms with Crippen LogP contribution < -0.4 is 10.1 Å². The minimum Gasteiger partial charge on any atom is -0.489 e. The zero-order chi connectivity index (χ0) is 22.0. The smallest absolute Gasteiger partial charge is 0.294 e. The Morgan fingerprint density at radius 2 is 2.10 bits per heavy atom. The number of aliphatic hydroxyl groups excluding tert-OH is 1. The Morgan fingerprint density at radius 1 is 1.41 bits per heavy atom. The lowest BCUT2D eigenvalue weighted by molar-refractivity contribution is -0.892. The maximum absolute atomic E-state index is 11.8. The van der Waals surface area contributed by atoms with Gasteiger partial charge in [-0.1, -0.05) is 17.7 Å². The quantitative estimate of drug-likeness (QED) is 0.280. The summed E-state index contributed by atoms with van der Waals surface area (Å²) >= 11 is 6.09. The number of ether oxygens (including phenoxy) is 1. The Hall–Kier alpha value is -2.10. The summed E-state index contributed by atoms with van der Waals surface area (Å²) in [7, 11) is 3.89. The van der Waals surface area contributed by atoms with Crippen molar-refractivity contribution >= 4 is 17.5 Å². The number of halogens is 1. The molecule has 164 valence electrons. The molecule has 1 aromatic carbocycles. The number of carbonyl (C=O) groups is 1. The average molecular weight is 433 g/mol. The third-order valence-electron chi connectivity index (χ3n) is 4.31. The lowest BCUT2D eigenvalue weighted by atomic mass is 10.2. The number of nitrogens with one attached hydrogen (secondary N) is 1. The predicted molar refractivity (Wildman–Crippen MR) is 109 cm³/mol. The molecule has 10 heteroatoms.